The molecular weight excluding hydrogens is 562 g/mol. The zero-order valence-electron chi connectivity index (χ0n) is 27.6. The SMILES string of the molecule is CCC1OC(=O)[C@H](C)C(O)C(C)C(O[C@@H]2O[C@H](C)CC3C(O)C2([O-])[N+]3(C)C)[C@](C)(OC)CC(C)C(=O)[C@H](C)[C@@H](O)[C@]1(C)O. The number of hydrogen-bond donors (Lipinski definition) is 4. The third-order valence-corrected chi connectivity index (χ3v) is 11.0. The van der Waals surface area contributed by atoms with E-state index in [0.29, 0.717) is 6.42 Å². The number of ketones is 1. The van der Waals surface area contributed by atoms with Crippen molar-refractivity contribution in [2.24, 2.45) is 23.7 Å². The molecule has 0 amide bonds. The molecule has 4 rings (SSSR count). The first-order valence-corrected chi connectivity index (χ1v) is 15.5. The monoisotopic (exact) mass is 617 g/mol. The summed E-state index contributed by atoms with van der Waals surface area (Å²) in [5, 5.41) is 59.3. The van der Waals surface area contributed by atoms with Gasteiger partial charge >= 0.3 is 5.97 Å². The van der Waals surface area contributed by atoms with E-state index in [1.54, 1.807) is 48.7 Å². The van der Waals surface area contributed by atoms with E-state index >= 15 is 0 Å². The summed E-state index contributed by atoms with van der Waals surface area (Å²) in [4.78, 5) is 27.0. The van der Waals surface area contributed by atoms with Crippen LogP contribution in [0.2, 0.25) is 0 Å². The van der Waals surface area contributed by atoms with Crippen molar-refractivity contribution in [1.82, 2.24) is 0 Å². The minimum atomic E-state index is -2.08. The summed E-state index contributed by atoms with van der Waals surface area (Å²) in [6, 6.07) is -0.342. The van der Waals surface area contributed by atoms with Gasteiger partial charge in [0.25, 0.3) is 0 Å². The number of Topliss-reactive ketones (excluding diaryl/α,β-unsaturated/α-hetero) is 1. The highest BCUT2D eigenvalue weighted by Gasteiger charge is 2.69. The number of ether oxygens (including phenoxy) is 4. The molecule has 15 atom stereocenters. The second-order valence-corrected chi connectivity index (χ2v) is 14.3. The average molecular weight is 618 g/mol. The summed E-state index contributed by atoms with van der Waals surface area (Å²) in [7, 11) is 4.89. The first-order chi connectivity index (χ1) is 19.6. The lowest BCUT2D eigenvalue weighted by atomic mass is 9.73. The Labute approximate surface area is 255 Å². The topological polar surface area (TPSA) is 175 Å². The van der Waals surface area contributed by atoms with Gasteiger partial charge in [0.15, 0.2) is 6.10 Å². The minimum absolute atomic E-state index is 0.0524. The fraction of sp³-hybridized carbons (Fsp3) is 0.935. The summed E-state index contributed by atoms with van der Waals surface area (Å²) < 4.78 is 24.2. The number of aliphatic hydroxyl groups excluding tert-OH is 3. The first kappa shape index (κ1) is 36.3. The maximum Gasteiger partial charge on any atom is 0.311 e. The molecule has 0 radical (unpaired) electrons. The van der Waals surface area contributed by atoms with Crippen molar-refractivity contribution in [2.45, 2.75) is 141 Å². The van der Waals surface area contributed by atoms with Gasteiger partial charge in [0, 0.05) is 31.3 Å². The Hall–Kier alpha value is -1.22. The van der Waals surface area contributed by atoms with E-state index in [1.165, 1.54) is 27.9 Å². The highest BCUT2D eigenvalue weighted by molar-refractivity contribution is 5.83. The van der Waals surface area contributed by atoms with Gasteiger partial charge in [-0.15, -0.1) is 0 Å². The molecule has 0 aliphatic carbocycles. The van der Waals surface area contributed by atoms with Gasteiger partial charge in [0.1, 0.15) is 29.3 Å². The lowest BCUT2D eigenvalue weighted by Gasteiger charge is -2.69. The van der Waals surface area contributed by atoms with Gasteiger partial charge in [-0.3, -0.25) is 9.59 Å². The maximum atomic E-state index is 14.3. The second kappa shape index (κ2) is 12.5. The molecule has 4 heterocycles. The number of likely N-dealkylation sites (N-methyl/N-ethyl adjacent to an activating group) is 1. The summed E-state index contributed by atoms with van der Waals surface area (Å²) in [6.45, 7) is 12.9. The number of fused-ring (bicyclic) bond motifs is 3. The highest BCUT2D eigenvalue weighted by Crippen LogP contribution is 2.48. The van der Waals surface area contributed by atoms with Crippen LogP contribution in [-0.4, -0.2) is 124 Å². The van der Waals surface area contributed by atoms with Gasteiger partial charge < -0.3 is 49.0 Å². The first-order valence-electron chi connectivity index (χ1n) is 15.5. The van der Waals surface area contributed by atoms with Gasteiger partial charge in [0.2, 0.25) is 6.29 Å². The molecule has 4 aliphatic heterocycles. The third-order valence-electron chi connectivity index (χ3n) is 11.0. The molecule has 43 heavy (non-hydrogen) atoms. The van der Waals surface area contributed by atoms with Crippen LogP contribution in [0, 0.1) is 23.7 Å². The van der Waals surface area contributed by atoms with Crippen molar-refractivity contribution in [2.75, 3.05) is 21.2 Å². The number of nitrogens with zero attached hydrogens (tertiary/aromatic N) is 1. The van der Waals surface area contributed by atoms with Crippen LogP contribution >= 0.6 is 0 Å². The number of quaternary nitrogens is 1. The second-order valence-electron chi connectivity index (χ2n) is 14.3. The predicted molar refractivity (Wildman–Crippen MR) is 153 cm³/mol. The van der Waals surface area contributed by atoms with E-state index in [0.717, 1.165) is 0 Å². The Morgan fingerprint density at radius 2 is 1.60 bits per heavy atom. The molecule has 8 unspecified atom stereocenters. The van der Waals surface area contributed by atoms with Crippen molar-refractivity contribution in [1.29, 1.82) is 0 Å². The number of cyclic esters (lactones) is 1. The van der Waals surface area contributed by atoms with E-state index in [4.69, 9.17) is 18.9 Å². The fourth-order valence-electron chi connectivity index (χ4n) is 7.70. The molecule has 250 valence electrons. The molecule has 0 aromatic carbocycles. The molecule has 4 N–H and O–H groups in total. The van der Waals surface area contributed by atoms with Crippen LogP contribution in [0.5, 0.6) is 0 Å². The van der Waals surface area contributed by atoms with Gasteiger partial charge in [0.05, 0.1) is 50.0 Å². The van der Waals surface area contributed by atoms with Gasteiger partial charge in [-0.05, 0) is 40.5 Å². The van der Waals surface area contributed by atoms with Crippen molar-refractivity contribution < 1.29 is 58.6 Å². The highest BCUT2D eigenvalue weighted by atomic mass is 16.7. The van der Waals surface area contributed by atoms with Crippen molar-refractivity contribution >= 4 is 11.8 Å². The number of hydrogen-bond acceptors (Lipinski definition) is 11. The summed E-state index contributed by atoms with van der Waals surface area (Å²) in [6.07, 6.45) is -7.65. The Bertz CT molecular complexity index is 1020. The van der Waals surface area contributed by atoms with Crippen LogP contribution < -0.4 is 5.11 Å². The van der Waals surface area contributed by atoms with E-state index in [2.05, 4.69) is 0 Å². The van der Waals surface area contributed by atoms with Gasteiger partial charge in [-0.1, -0.05) is 27.7 Å². The standard InChI is InChI=1S/C31H55NO11/c1-12-21-30(8,38)24(35)17(4)22(33)15(2)14-29(7,40-11)26(18(5)23(34)19(6)27(37)42-21)43-28-31(39)25(36)20(32(31,9)10)13-16(3)41-28/h15-21,23-26,28,34-36,38H,12-14H2,1-11H3/t15?,16-,17+,18?,19-,20?,21?,23?,24-,25?,26?,28+,29-,30-,31?/m1/s1. The summed E-state index contributed by atoms with van der Waals surface area (Å²) in [5.41, 5.74) is -5.35. The van der Waals surface area contributed by atoms with Crippen LogP contribution in [0.4, 0.5) is 0 Å². The molecule has 12 heteroatoms. The van der Waals surface area contributed by atoms with E-state index in [-0.39, 0.29) is 29.1 Å². The molecule has 2 bridgehead atoms. The van der Waals surface area contributed by atoms with Crippen LogP contribution in [0.1, 0.15) is 74.7 Å². The molecular formula is C31H55NO11. The molecule has 0 spiro atoms. The zero-order valence-corrected chi connectivity index (χ0v) is 27.6. The van der Waals surface area contributed by atoms with Gasteiger partial charge in [-0.25, -0.2) is 0 Å². The molecule has 4 fully saturated rings. The molecule has 0 aromatic rings. The quantitative estimate of drug-likeness (QED) is 0.249. The largest absolute Gasteiger partial charge is 0.798 e. The van der Waals surface area contributed by atoms with Crippen molar-refractivity contribution in [3.8, 4) is 0 Å². The average Bonchev–Trinajstić information content (AvgIpc) is 3.10. The lowest BCUT2D eigenvalue weighted by Crippen LogP contribution is -2.92. The lowest BCUT2D eigenvalue weighted by molar-refractivity contribution is -1.10. The Morgan fingerprint density at radius 1 is 1.02 bits per heavy atom. The molecule has 0 saturated carbocycles. The fourth-order valence-corrected chi connectivity index (χ4v) is 7.70. The third kappa shape index (κ3) is 5.92. The number of aliphatic hydroxyl groups is 4. The Morgan fingerprint density at radius 3 is 2.12 bits per heavy atom. The van der Waals surface area contributed by atoms with E-state index in [1.807, 2.05) is 0 Å². The smallest absolute Gasteiger partial charge is 0.311 e. The van der Waals surface area contributed by atoms with E-state index in [9.17, 15) is 35.1 Å². The zero-order chi connectivity index (χ0) is 33.0. The molecule has 4 aliphatic rings. The number of esters is 1. The Balaban J connectivity index is 2.12. The van der Waals surface area contributed by atoms with Crippen LogP contribution in [0.3, 0.4) is 0 Å². The Kier molecular flexibility index (Phi) is 10.6. The van der Waals surface area contributed by atoms with E-state index < -0.39 is 89.5 Å². The van der Waals surface area contributed by atoms with Crippen molar-refractivity contribution in [3.05, 3.63) is 0 Å². The number of carbonyl (C=O) groups is 2. The number of methoxy groups -OCH3 is 1. The van der Waals surface area contributed by atoms with Crippen LogP contribution in [0.25, 0.3) is 0 Å². The molecule has 4 saturated heterocycles. The normalized spacial score (nSPS) is 51.5. The maximum absolute atomic E-state index is 14.3. The van der Waals surface area contributed by atoms with Crippen LogP contribution in [-0.2, 0) is 28.5 Å². The molecule has 0 aromatic heterocycles. The minimum Gasteiger partial charge on any atom is -0.798 e. The van der Waals surface area contributed by atoms with Crippen molar-refractivity contribution in [3.63, 3.8) is 0 Å². The van der Waals surface area contributed by atoms with Gasteiger partial charge in [-0.2, -0.15) is 0 Å². The molecule has 12 nitrogen and oxygen atoms in total. The summed E-state index contributed by atoms with van der Waals surface area (Å²) >= 11 is 0. The predicted octanol–water partition coefficient (Wildman–Crippen LogP) is 0.0995. The number of carbonyl (C=O) groups excluding carboxylic acids is 2. The number of rotatable bonds is 4. The summed E-state index contributed by atoms with van der Waals surface area (Å²) in [5.74, 6) is -4.89. The van der Waals surface area contributed by atoms with Crippen LogP contribution in [0.15, 0.2) is 0 Å².